The summed E-state index contributed by atoms with van der Waals surface area (Å²) in [5, 5.41) is 0. The van der Waals surface area contributed by atoms with Crippen molar-refractivity contribution in [2.75, 3.05) is 20.6 Å². The van der Waals surface area contributed by atoms with Gasteiger partial charge in [0.05, 0.1) is 12.1 Å². The van der Waals surface area contributed by atoms with E-state index in [2.05, 4.69) is 0 Å². The third-order valence-corrected chi connectivity index (χ3v) is 1.88. The molecule has 1 aromatic rings. The Morgan fingerprint density at radius 3 is 2.57 bits per heavy atom. The molecule has 0 spiro atoms. The molecule has 1 aromatic carbocycles. The number of carbonyl (C=O) groups is 1. The molecule has 0 heterocycles. The summed E-state index contributed by atoms with van der Waals surface area (Å²) in [4.78, 5) is 13.2. The van der Waals surface area contributed by atoms with Gasteiger partial charge in [-0.1, -0.05) is 6.07 Å². The maximum absolute atomic E-state index is 13.3. The predicted molar refractivity (Wildman–Crippen MR) is 54.0 cm³/mol. The Morgan fingerprint density at radius 2 is 2.07 bits per heavy atom. The van der Waals surface area contributed by atoms with Gasteiger partial charge in [0.2, 0.25) is 0 Å². The second kappa shape index (κ2) is 4.33. The van der Waals surface area contributed by atoms with Crippen molar-refractivity contribution < 1.29 is 9.18 Å². The van der Waals surface area contributed by atoms with Crippen molar-refractivity contribution in [3.05, 3.63) is 35.1 Å². The third kappa shape index (κ3) is 2.64. The Labute approximate surface area is 83.3 Å². The highest BCUT2D eigenvalue weighted by Gasteiger charge is 2.11. The number of halogens is 1. The lowest BCUT2D eigenvalue weighted by molar-refractivity contribution is 0.0954. The highest BCUT2D eigenvalue weighted by Crippen LogP contribution is 2.10. The van der Waals surface area contributed by atoms with Gasteiger partial charge in [-0.15, -0.1) is 0 Å². The standard InChI is InChI=1S/C11H14FNO/c1-8-4-5-9(10(12)6-8)11(14)7-13(2)3/h4-6H,7H2,1-3H3. The van der Waals surface area contributed by atoms with Crippen molar-refractivity contribution in [3.63, 3.8) is 0 Å². The van der Waals surface area contributed by atoms with Crippen molar-refractivity contribution in [2.24, 2.45) is 0 Å². The van der Waals surface area contributed by atoms with E-state index in [4.69, 9.17) is 0 Å². The molecule has 14 heavy (non-hydrogen) atoms. The van der Waals surface area contributed by atoms with Crippen LogP contribution >= 0.6 is 0 Å². The van der Waals surface area contributed by atoms with E-state index in [0.717, 1.165) is 5.56 Å². The average molecular weight is 195 g/mol. The van der Waals surface area contributed by atoms with Crippen LogP contribution in [0.2, 0.25) is 0 Å². The number of hydrogen-bond donors (Lipinski definition) is 0. The average Bonchev–Trinajstić information content (AvgIpc) is 2.01. The summed E-state index contributed by atoms with van der Waals surface area (Å²) < 4.78 is 13.3. The van der Waals surface area contributed by atoms with E-state index >= 15 is 0 Å². The number of rotatable bonds is 3. The lowest BCUT2D eigenvalue weighted by Gasteiger charge is -2.08. The molecule has 0 aliphatic carbocycles. The maximum Gasteiger partial charge on any atom is 0.179 e. The summed E-state index contributed by atoms with van der Waals surface area (Å²) in [6, 6.07) is 4.66. The molecule has 0 saturated heterocycles. The zero-order valence-corrected chi connectivity index (χ0v) is 8.67. The highest BCUT2D eigenvalue weighted by molar-refractivity contribution is 5.97. The van der Waals surface area contributed by atoms with E-state index in [1.54, 1.807) is 32.0 Å². The van der Waals surface area contributed by atoms with Crippen LogP contribution in [0.25, 0.3) is 0 Å². The molecule has 2 nitrogen and oxygen atoms in total. The number of benzene rings is 1. The fourth-order valence-corrected chi connectivity index (χ4v) is 1.22. The number of ketones is 1. The fourth-order valence-electron chi connectivity index (χ4n) is 1.22. The summed E-state index contributed by atoms with van der Waals surface area (Å²) in [5.74, 6) is -0.621. The van der Waals surface area contributed by atoms with Gasteiger partial charge in [-0.25, -0.2) is 4.39 Å². The Morgan fingerprint density at radius 1 is 1.43 bits per heavy atom. The predicted octanol–water partition coefficient (Wildman–Crippen LogP) is 1.88. The molecule has 0 radical (unpaired) electrons. The van der Waals surface area contributed by atoms with Crippen LogP contribution in [0.1, 0.15) is 15.9 Å². The van der Waals surface area contributed by atoms with Gasteiger partial charge in [0, 0.05) is 0 Å². The van der Waals surface area contributed by atoms with Crippen LogP contribution in [0, 0.1) is 12.7 Å². The first-order valence-corrected chi connectivity index (χ1v) is 4.45. The van der Waals surface area contributed by atoms with Crippen molar-refractivity contribution in [3.8, 4) is 0 Å². The van der Waals surface area contributed by atoms with E-state index < -0.39 is 5.82 Å². The van der Waals surface area contributed by atoms with Crippen LogP contribution in [0.3, 0.4) is 0 Å². The minimum Gasteiger partial charge on any atom is -0.302 e. The van der Waals surface area contributed by atoms with Crippen molar-refractivity contribution in [1.82, 2.24) is 4.90 Å². The third-order valence-electron chi connectivity index (χ3n) is 1.88. The first-order chi connectivity index (χ1) is 6.50. The minimum atomic E-state index is -0.433. The fraction of sp³-hybridized carbons (Fsp3) is 0.364. The van der Waals surface area contributed by atoms with Crippen molar-refractivity contribution in [2.45, 2.75) is 6.92 Å². The molecule has 0 atom stereocenters. The zero-order chi connectivity index (χ0) is 10.7. The van der Waals surface area contributed by atoms with Crippen LogP contribution in [-0.4, -0.2) is 31.3 Å². The lowest BCUT2D eigenvalue weighted by Crippen LogP contribution is -2.22. The van der Waals surface area contributed by atoms with Gasteiger partial charge < -0.3 is 4.90 Å². The van der Waals surface area contributed by atoms with Crippen LogP contribution in [0.5, 0.6) is 0 Å². The molecule has 76 valence electrons. The lowest BCUT2D eigenvalue weighted by atomic mass is 10.1. The molecular weight excluding hydrogens is 181 g/mol. The van der Waals surface area contributed by atoms with Crippen LogP contribution in [-0.2, 0) is 0 Å². The van der Waals surface area contributed by atoms with Gasteiger partial charge in [-0.2, -0.15) is 0 Å². The molecule has 0 aromatic heterocycles. The molecule has 0 bridgehead atoms. The molecule has 0 amide bonds. The summed E-state index contributed by atoms with van der Waals surface area (Å²) in [6.07, 6.45) is 0. The second-order valence-electron chi connectivity index (χ2n) is 3.64. The minimum absolute atomic E-state index is 0.171. The zero-order valence-electron chi connectivity index (χ0n) is 8.67. The normalized spacial score (nSPS) is 10.6. The molecule has 0 N–H and O–H groups in total. The van der Waals surface area contributed by atoms with Gasteiger partial charge in [0.25, 0.3) is 0 Å². The van der Waals surface area contributed by atoms with Crippen LogP contribution < -0.4 is 0 Å². The van der Waals surface area contributed by atoms with Gasteiger partial charge in [0.15, 0.2) is 5.78 Å². The Kier molecular flexibility index (Phi) is 3.36. The Bertz CT molecular complexity index is 347. The summed E-state index contributed by atoms with van der Waals surface area (Å²) in [7, 11) is 3.56. The molecule has 0 unspecified atom stereocenters. The molecule has 0 aliphatic rings. The SMILES string of the molecule is Cc1ccc(C(=O)CN(C)C)c(F)c1. The summed E-state index contributed by atoms with van der Waals surface area (Å²) >= 11 is 0. The number of likely N-dealkylation sites (N-methyl/N-ethyl adjacent to an activating group) is 1. The molecule has 1 rings (SSSR count). The second-order valence-corrected chi connectivity index (χ2v) is 3.64. The van der Waals surface area contributed by atoms with E-state index in [0.29, 0.717) is 0 Å². The largest absolute Gasteiger partial charge is 0.302 e. The van der Waals surface area contributed by atoms with Gasteiger partial charge in [-0.05, 0) is 38.7 Å². The number of Topliss-reactive ketones (excluding diaryl/α,β-unsaturated/α-hetero) is 1. The smallest absolute Gasteiger partial charge is 0.179 e. The van der Waals surface area contributed by atoms with E-state index in [1.807, 2.05) is 0 Å². The van der Waals surface area contributed by atoms with E-state index in [-0.39, 0.29) is 17.9 Å². The van der Waals surface area contributed by atoms with Gasteiger partial charge in [-0.3, -0.25) is 4.79 Å². The highest BCUT2D eigenvalue weighted by atomic mass is 19.1. The number of aryl methyl sites for hydroxylation is 1. The van der Waals surface area contributed by atoms with E-state index in [1.165, 1.54) is 12.1 Å². The number of hydrogen-bond acceptors (Lipinski definition) is 2. The Hall–Kier alpha value is -1.22. The summed E-state index contributed by atoms with van der Waals surface area (Å²) in [5.41, 5.74) is 0.994. The van der Waals surface area contributed by atoms with Crippen LogP contribution in [0.15, 0.2) is 18.2 Å². The molecule has 0 aliphatic heterocycles. The van der Waals surface area contributed by atoms with Gasteiger partial charge >= 0.3 is 0 Å². The topological polar surface area (TPSA) is 20.3 Å². The maximum atomic E-state index is 13.3. The number of nitrogens with zero attached hydrogens (tertiary/aromatic N) is 1. The quantitative estimate of drug-likeness (QED) is 0.686. The van der Waals surface area contributed by atoms with E-state index in [9.17, 15) is 9.18 Å². The number of carbonyl (C=O) groups excluding carboxylic acids is 1. The molecule has 3 heteroatoms. The first-order valence-electron chi connectivity index (χ1n) is 4.45. The molecular formula is C11H14FNO. The van der Waals surface area contributed by atoms with Crippen molar-refractivity contribution >= 4 is 5.78 Å². The van der Waals surface area contributed by atoms with Gasteiger partial charge in [0.1, 0.15) is 5.82 Å². The Balaban J connectivity index is 2.90. The monoisotopic (exact) mass is 195 g/mol. The molecule has 0 saturated carbocycles. The first kappa shape index (κ1) is 10.9. The summed E-state index contributed by atoms with van der Waals surface area (Å²) in [6.45, 7) is 2.03. The molecule has 0 fully saturated rings. The van der Waals surface area contributed by atoms with Crippen LogP contribution in [0.4, 0.5) is 4.39 Å². The van der Waals surface area contributed by atoms with Crippen molar-refractivity contribution in [1.29, 1.82) is 0 Å².